The fraction of sp³-hybridized carbons (Fsp3) is 0.143. The lowest BCUT2D eigenvalue weighted by Gasteiger charge is -2.08. The molecule has 1 heterocycles. The third-order valence-corrected chi connectivity index (χ3v) is 4.95. The Bertz CT molecular complexity index is 1050. The monoisotopic (exact) mass is 410 g/mol. The molecule has 29 heavy (non-hydrogen) atoms. The second kappa shape index (κ2) is 9.29. The molecule has 0 radical (unpaired) electrons. The molecule has 6 nitrogen and oxygen atoms in total. The van der Waals surface area contributed by atoms with Gasteiger partial charge in [0.1, 0.15) is 5.82 Å². The predicted molar refractivity (Wildman–Crippen MR) is 111 cm³/mol. The molecule has 3 aromatic rings. The van der Waals surface area contributed by atoms with Gasteiger partial charge in [-0.1, -0.05) is 48.2 Å². The Balaban J connectivity index is 1.76. The number of nitrogens with one attached hydrogen (secondary N) is 1. The van der Waals surface area contributed by atoms with Crippen LogP contribution in [0, 0.1) is 5.82 Å². The van der Waals surface area contributed by atoms with E-state index >= 15 is 0 Å². The number of Topliss-reactive ketones (excluding diaryl/α,β-unsaturated/α-hetero) is 1. The Kier molecular flexibility index (Phi) is 6.56. The molecule has 3 rings (SSSR count). The Morgan fingerprint density at radius 2 is 1.97 bits per heavy atom. The molecule has 0 bridgehead atoms. The fourth-order valence-electron chi connectivity index (χ4n) is 2.72. The van der Waals surface area contributed by atoms with Gasteiger partial charge in [-0.25, -0.2) is 4.39 Å². The summed E-state index contributed by atoms with van der Waals surface area (Å²) in [6, 6.07) is 13.6. The van der Waals surface area contributed by atoms with E-state index < -0.39 is 5.82 Å². The molecular weight excluding hydrogens is 391 g/mol. The van der Waals surface area contributed by atoms with Crippen molar-refractivity contribution in [3.05, 3.63) is 72.6 Å². The van der Waals surface area contributed by atoms with Crippen molar-refractivity contribution in [2.45, 2.75) is 18.6 Å². The Labute approximate surface area is 171 Å². The first-order valence-electron chi connectivity index (χ1n) is 8.82. The first-order valence-corrected chi connectivity index (χ1v) is 9.81. The van der Waals surface area contributed by atoms with Gasteiger partial charge in [0.2, 0.25) is 5.91 Å². The maximum atomic E-state index is 14.3. The zero-order valence-electron chi connectivity index (χ0n) is 15.8. The molecule has 0 aliphatic heterocycles. The first-order chi connectivity index (χ1) is 14.0. The number of thioether (sulfide) groups is 1. The van der Waals surface area contributed by atoms with Crippen molar-refractivity contribution in [1.29, 1.82) is 0 Å². The SMILES string of the molecule is C=CCn1c(SCC(=O)c2ccc(NC(C)=O)cc2F)nnc1-c1ccccc1. The van der Waals surface area contributed by atoms with Crippen LogP contribution in [-0.4, -0.2) is 32.2 Å². The number of benzene rings is 2. The van der Waals surface area contributed by atoms with E-state index in [9.17, 15) is 14.0 Å². The number of ketones is 1. The van der Waals surface area contributed by atoms with E-state index in [2.05, 4.69) is 22.1 Å². The van der Waals surface area contributed by atoms with Gasteiger partial charge in [-0.2, -0.15) is 0 Å². The average molecular weight is 410 g/mol. The van der Waals surface area contributed by atoms with Gasteiger partial charge < -0.3 is 5.32 Å². The van der Waals surface area contributed by atoms with E-state index in [-0.39, 0.29) is 23.0 Å². The summed E-state index contributed by atoms with van der Waals surface area (Å²) in [4.78, 5) is 23.6. The van der Waals surface area contributed by atoms with Crippen LogP contribution >= 0.6 is 11.8 Å². The number of hydrogen-bond donors (Lipinski definition) is 1. The normalized spacial score (nSPS) is 10.6. The Morgan fingerprint density at radius 3 is 2.62 bits per heavy atom. The van der Waals surface area contributed by atoms with Crippen molar-refractivity contribution in [2.24, 2.45) is 0 Å². The zero-order valence-corrected chi connectivity index (χ0v) is 16.6. The highest BCUT2D eigenvalue weighted by Crippen LogP contribution is 2.25. The largest absolute Gasteiger partial charge is 0.326 e. The van der Waals surface area contributed by atoms with Crippen molar-refractivity contribution in [3.63, 3.8) is 0 Å². The Morgan fingerprint density at radius 1 is 1.21 bits per heavy atom. The number of carbonyl (C=O) groups is 2. The van der Waals surface area contributed by atoms with Gasteiger partial charge in [0.05, 0.1) is 11.3 Å². The number of anilines is 1. The molecule has 0 unspecified atom stereocenters. The molecule has 0 saturated carbocycles. The molecule has 148 valence electrons. The summed E-state index contributed by atoms with van der Waals surface area (Å²) in [5, 5.41) is 11.4. The van der Waals surface area contributed by atoms with Gasteiger partial charge in [0.25, 0.3) is 0 Å². The molecule has 2 aromatic carbocycles. The molecule has 0 saturated heterocycles. The van der Waals surface area contributed by atoms with Crippen LogP contribution < -0.4 is 5.32 Å². The maximum Gasteiger partial charge on any atom is 0.221 e. The molecule has 1 N–H and O–H groups in total. The lowest BCUT2D eigenvalue weighted by molar-refractivity contribution is -0.114. The van der Waals surface area contributed by atoms with Crippen LogP contribution in [0.1, 0.15) is 17.3 Å². The van der Waals surface area contributed by atoms with Crippen molar-refractivity contribution in [3.8, 4) is 11.4 Å². The summed E-state index contributed by atoms with van der Waals surface area (Å²) in [7, 11) is 0. The minimum atomic E-state index is -0.681. The van der Waals surface area contributed by atoms with Gasteiger partial charge in [-0.3, -0.25) is 14.2 Å². The highest BCUT2D eigenvalue weighted by molar-refractivity contribution is 7.99. The van der Waals surface area contributed by atoms with Gasteiger partial charge in [-0.05, 0) is 18.2 Å². The Hall–Kier alpha value is -3.26. The summed E-state index contributed by atoms with van der Waals surface area (Å²) >= 11 is 1.18. The number of nitrogens with zero attached hydrogens (tertiary/aromatic N) is 3. The zero-order chi connectivity index (χ0) is 20.8. The summed E-state index contributed by atoms with van der Waals surface area (Å²) < 4.78 is 16.1. The third-order valence-electron chi connectivity index (χ3n) is 3.98. The third kappa shape index (κ3) is 4.97. The topological polar surface area (TPSA) is 76.9 Å². The van der Waals surface area contributed by atoms with Crippen LogP contribution in [0.15, 0.2) is 66.3 Å². The number of aromatic nitrogens is 3. The minimum Gasteiger partial charge on any atom is -0.326 e. The lowest BCUT2D eigenvalue weighted by atomic mass is 10.1. The molecule has 8 heteroatoms. The molecule has 0 aliphatic carbocycles. The number of halogens is 1. The van der Waals surface area contributed by atoms with E-state index in [1.807, 2.05) is 34.9 Å². The predicted octanol–water partition coefficient (Wildman–Crippen LogP) is 4.20. The van der Waals surface area contributed by atoms with Gasteiger partial charge in [0, 0.05) is 24.7 Å². The van der Waals surface area contributed by atoms with Crippen LogP contribution in [0.2, 0.25) is 0 Å². The highest BCUT2D eigenvalue weighted by Gasteiger charge is 2.17. The molecule has 1 aromatic heterocycles. The van der Waals surface area contributed by atoms with E-state index in [1.165, 1.54) is 30.8 Å². The van der Waals surface area contributed by atoms with Crippen molar-refractivity contribution < 1.29 is 14.0 Å². The number of carbonyl (C=O) groups excluding carboxylic acids is 2. The fourth-order valence-corrected chi connectivity index (χ4v) is 3.55. The standard InChI is InChI=1S/C21H19FN4O2S/c1-3-11-26-20(15-7-5-4-6-8-15)24-25-21(26)29-13-19(28)17-10-9-16(12-18(17)22)23-14(2)27/h3-10,12H,1,11,13H2,2H3,(H,23,27). The van der Waals surface area contributed by atoms with E-state index in [4.69, 9.17) is 0 Å². The summed E-state index contributed by atoms with van der Waals surface area (Å²) in [5.74, 6) is -0.697. The van der Waals surface area contributed by atoms with E-state index in [1.54, 1.807) is 6.08 Å². The van der Waals surface area contributed by atoms with Gasteiger partial charge >= 0.3 is 0 Å². The van der Waals surface area contributed by atoms with Crippen LogP contribution in [0.4, 0.5) is 10.1 Å². The summed E-state index contributed by atoms with van der Waals surface area (Å²) in [6.45, 7) is 5.57. The summed E-state index contributed by atoms with van der Waals surface area (Å²) in [6.07, 6.45) is 1.72. The van der Waals surface area contributed by atoms with Crippen LogP contribution in [0.5, 0.6) is 0 Å². The average Bonchev–Trinajstić information content (AvgIpc) is 3.09. The lowest BCUT2D eigenvalue weighted by Crippen LogP contribution is -2.10. The minimum absolute atomic E-state index is 0.000466. The molecule has 0 spiro atoms. The number of hydrogen-bond acceptors (Lipinski definition) is 5. The molecular formula is C21H19FN4O2S. The summed E-state index contributed by atoms with van der Waals surface area (Å²) in [5.41, 5.74) is 1.17. The van der Waals surface area contributed by atoms with Crippen LogP contribution in [0.25, 0.3) is 11.4 Å². The van der Waals surface area contributed by atoms with Crippen molar-refractivity contribution >= 4 is 29.1 Å². The molecule has 0 fully saturated rings. The first kappa shape index (κ1) is 20.5. The van der Waals surface area contributed by atoms with E-state index in [0.717, 1.165) is 11.6 Å². The van der Waals surface area contributed by atoms with Crippen molar-refractivity contribution in [2.75, 3.05) is 11.1 Å². The van der Waals surface area contributed by atoms with Gasteiger partial charge in [0.15, 0.2) is 16.8 Å². The van der Waals surface area contributed by atoms with Crippen LogP contribution in [0.3, 0.4) is 0 Å². The number of amides is 1. The maximum absolute atomic E-state index is 14.3. The van der Waals surface area contributed by atoms with Crippen LogP contribution in [-0.2, 0) is 11.3 Å². The second-order valence-electron chi connectivity index (χ2n) is 6.16. The molecule has 0 aliphatic rings. The number of rotatable bonds is 8. The molecule has 0 atom stereocenters. The number of allylic oxidation sites excluding steroid dienone is 1. The molecule has 1 amide bonds. The second-order valence-corrected chi connectivity index (χ2v) is 7.10. The van der Waals surface area contributed by atoms with Gasteiger partial charge in [-0.15, -0.1) is 16.8 Å². The van der Waals surface area contributed by atoms with E-state index in [0.29, 0.717) is 23.2 Å². The quantitative estimate of drug-likeness (QED) is 0.342. The van der Waals surface area contributed by atoms with Crippen molar-refractivity contribution in [1.82, 2.24) is 14.8 Å². The highest BCUT2D eigenvalue weighted by atomic mass is 32.2. The smallest absolute Gasteiger partial charge is 0.221 e.